The standard InChI is InChI=1S/C21H20N8/c1-12(2)29-13(3)26-20-18(29)8-14(9-23-20)16-10-24-19-17(16)11-25-21(28-19)27-15-4-6-22-7-5-15/h4-12H,1-3H3,(H2,22,24,25,27,28). The Bertz CT molecular complexity index is 1320. The van der Waals surface area contributed by atoms with Crippen LogP contribution in [-0.4, -0.2) is 34.5 Å². The van der Waals surface area contributed by atoms with Gasteiger partial charge in [0.25, 0.3) is 0 Å². The van der Waals surface area contributed by atoms with Gasteiger partial charge in [0, 0.05) is 59.2 Å². The van der Waals surface area contributed by atoms with E-state index in [-0.39, 0.29) is 0 Å². The number of imidazole rings is 1. The molecule has 0 aliphatic carbocycles. The third-order valence-electron chi connectivity index (χ3n) is 4.92. The van der Waals surface area contributed by atoms with Crippen LogP contribution in [-0.2, 0) is 0 Å². The number of nitrogens with one attached hydrogen (secondary N) is 2. The summed E-state index contributed by atoms with van der Waals surface area (Å²) in [6.07, 6.45) is 9.07. The maximum Gasteiger partial charge on any atom is 0.229 e. The van der Waals surface area contributed by atoms with Crippen molar-refractivity contribution >= 4 is 33.8 Å². The van der Waals surface area contributed by atoms with Crippen molar-refractivity contribution in [1.82, 2.24) is 34.5 Å². The Kier molecular flexibility index (Phi) is 3.97. The molecule has 0 unspecified atom stereocenters. The number of rotatable bonds is 4. The highest BCUT2D eigenvalue weighted by Gasteiger charge is 2.15. The normalized spacial score (nSPS) is 11.6. The second kappa shape index (κ2) is 6.66. The summed E-state index contributed by atoms with van der Waals surface area (Å²) >= 11 is 0. The summed E-state index contributed by atoms with van der Waals surface area (Å²) in [7, 11) is 0. The summed E-state index contributed by atoms with van der Waals surface area (Å²) in [6, 6.07) is 6.18. The first kappa shape index (κ1) is 17.3. The monoisotopic (exact) mass is 384 g/mol. The smallest absolute Gasteiger partial charge is 0.229 e. The fraction of sp³-hybridized carbons (Fsp3) is 0.190. The van der Waals surface area contributed by atoms with Crippen LogP contribution in [0.5, 0.6) is 0 Å². The first-order valence-corrected chi connectivity index (χ1v) is 9.46. The third kappa shape index (κ3) is 2.98. The Morgan fingerprint density at radius 2 is 1.90 bits per heavy atom. The lowest BCUT2D eigenvalue weighted by atomic mass is 10.1. The fourth-order valence-electron chi connectivity index (χ4n) is 3.66. The van der Waals surface area contributed by atoms with E-state index in [2.05, 4.69) is 59.7 Å². The molecule has 5 rings (SSSR count). The van der Waals surface area contributed by atoms with E-state index in [0.717, 1.165) is 44.8 Å². The van der Waals surface area contributed by atoms with Crippen molar-refractivity contribution in [2.75, 3.05) is 5.32 Å². The highest BCUT2D eigenvalue weighted by molar-refractivity contribution is 5.95. The molecular formula is C21H20N8. The van der Waals surface area contributed by atoms with Crippen LogP contribution < -0.4 is 5.32 Å². The average molecular weight is 384 g/mol. The van der Waals surface area contributed by atoms with Gasteiger partial charge in [-0.25, -0.2) is 15.0 Å². The number of aryl methyl sites for hydroxylation is 1. The molecule has 0 saturated heterocycles. The van der Waals surface area contributed by atoms with Crippen molar-refractivity contribution in [3.63, 3.8) is 0 Å². The summed E-state index contributed by atoms with van der Waals surface area (Å²) in [5.41, 5.74) is 5.46. The van der Waals surface area contributed by atoms with Crippen molar-refractivity contribution in [1.29, 1.82) is 0 Å². The molecule has 0 radical (unpaired) electrons. The molecule has 2 N–H and O–H groups in total. The number of pyridine rings is 2. The van der Waals surface area contributed by atoms with E-state index < -0.39 is 0 Å². The molecule has 8 heteroatoms. The van der Waals surface area contributed by atoms with Crippen LogP contribution in [0.25, 0.3) is 33.3 Å². The molecule has 0 bridgehead atoms. The van der Waals surface area contributed by atoms with Crippen LogP contribution in [0.2, 0.25) is 0 Å². The largest absolute Gasteiger partial charge is 0.345 e. The molecule has 144 valence electrons. The van der Waals surface area contributed by atoms with Crippen molar-refractivity contribution in [3.8, 4) is 11.1 Å². The van der Waals surface area contributed by atoms with Gasteiger partial charge in [0.1, 0.15) is 11.5 Å². The molecule has 0 saturated carbocycles. The first-order valence-electron chi connectivity index (χ1n) is 9.46. The predicted octanol–water partition coefficient (Wildman–Crippen LogP) is 4.40. The number of H-pyrrole nitrogens is 1. The lowest BCUT2D eigenvalue weighted by Gasteiger charge is -2.11. The summed E-state index contributed by atoms with van der Waals surface area (Å²) in [5.74, 6) is 1.49. The van der Waals surface area contributed by atoms with E-state index in [1.165, 1.54) is 0 Å². The number of anilines is 2. The van der Waals surface area contributed by atoms with Crippen LogP contribution >= 0.6 is 0 Å². The zero-order chi connectivity index (χ0) is 20.0. The van der Waals surface area contributed by atoms with Gasteiger partial charge in [-0.05, 0) is 39.0 Å². The maximum atomic E-state index is 4.59. The lowest BCUT2D eigenvalue weighted by Crippen LogP contribution is -2.02. The van der Waals surface area contributed by atoms with Gasteiger partial charge in [0.15, 0.2) is 5.65 Å². The molecule has 0 fully saturated rings. The van der Waals surface area contributed by atoms with Crippen LogP contribution in [0.3, 0.4) is 0 Å². The van der Waals surface area contributed by atoms with Crippen molar-refractivity contribution in [3.05, 3.63) is 55.0 Å². The number of aromatic nitrogens is 7. The Balaban J connectivity index is 1.56. The van der Waals surface area contributed by atoms with E-state index in [1.807, 2.05) is 37.6 Å². The molecule has 0 aliphatic heterocycles. The summed E-state index contributed by atoms with van der Waals surface area (Å²) < 4.78 is 2.20. The molecule has 5 heterocycles. The Labute approximate surface area is 167 Å². The number of hydrogen-bond donors (Lipinski definition) is 2. The zero-order valence-corrected chi connectivity index (χ0v) is 16.4. The van der Waals surface area contributed by atoms with E-state index in [9.17, 15) is 0 Å². The molecule has 0 atom stereocenters. The van der Waals surface area contributed by atoms with Crippen LogP contribution in [0, 0.1) is 6.92 Å². The molecule has 0 aliphatic rings. The van der Waals surface area contributed by atoms with E-state index in [1.54, 1.807) is 12.4 Å². The minimum absolute atomic E-state index is 0.310. The van der Waals surface area contributed by atoms with Gasteiger partial charge in [0.05, 0.1) is 5.52 Å². The molecular weight excluding hydrogens is 364 g/mol. The lowest BCUT2D eigenvalue weighted by molar-refractivity contribution is 0.600. The van der Waals surface area contributed by atoms with Crippen molar-refractivity contribution in [2.45, 2.75) is 26.8 Å². The molecule has 0 amide bonds. The Morgan fingerprint density at radius 1 is 1.07 bits per heavy atom. The van der Waals surface area contributed by atoms with Gasteiger partial charge in [0.2, 0.25) is 5.95 Å². The fourth-order valence-corrected chi connectivity index (χ4v) is 3.66. The van der Waals surface area contributed by atoms with Gasteiger partial charge >= 0.3 is 0 Å². The summed E-state index contributed by atoms with van der Waals surface area (Å²) in [5, 5.41) is 4.13. The minimum atomic E-state index is 0.310. The second-order valence-corrected chi connectivity index (χ2v) is 7.21. The molecule has 29 heavy (non-hydrogen) atoms. The predicted molar refractivity (Wildman–Crippen MR) is 113 cm³/mol. The zero-order valence-electron chi connectivity index (χ0n) is 16.4. The van der Waals surface area contributed by atoms with Gasteiger partial charge < -0.3 is 14.9 Å². The molecule has 5 aromatic rings. The molecule has 0 aromatic carbocycles. The van der Waals surface area contributed by atoms with Crippen LogP contribution in [0.1, 0.15) is 25.7 Å². The van der Waals surface area contributed by atoms with Crippen LogP contribution in [0.15, 0.2) is 49.2 Å². The number of aromatic amines is 1. The third-order valence-corrected chi connectivity index (χ3v) is 4.92. The first-order chi connectivity index (χ1) is 14.1. The molecule has 8 nitrogen and oxygen atoms in total. The minimum Gasteiger partial charge on any atom is -0.345 e. The van der Waals surface area contributed by atoms with Gasteiger partial charge in [-0.1, -0.05) is 0 Å². The summed E-state index contributed by atoms with van der Waals surface area (Å²) in [4.78, 5) is 25.5. The van der Waals surface area contributed by atoms with Gasteiger partial charge in [-0.2, -0.15) is 4.98 Å². The van der Waals surface area contributed by atoms with Gasteiger partial charge in [-0.15, -0.1) is 0 Å². The van der Waals surface area contributed by atoms with Crippen molar-refractivity contribution in [2.24, 2.45) is 0 Å². The quantitative estimate of drug-likeness (QED) is 0.477. The maximum absolute atomic E-state index is 4.59. The van der Waals surface area contributed by atoms with Crippen molar-refractivity contribution < 1.29 is 0 Å². The number of hydrogen-bond acceptors (Lipinski definition) is 6. The van der Waals surface area contributed by atoms with E-state index >= 15 is 0 Å². The number of fused-ring (bicyclic) bond motifs is 2. The molecule has 5 aromatic heterocycles. The number of nitrogens with zero attached hydrogens (tertiary/aromatic N) is 6. The van der Waals surface area contributed by atoms with E-state index in [4.69, 9.17) is 0 Å². The van der Waals surface area contributed by atoms with Gasteiger partial charge in [-0.3, -0.25) is 4.98 Å². The SMILES string of the molecule is Cc1nc2ncc(-c3c[nH]c4nc(Nc5ccncc5)ncc34)cc2n1C(C)C. The van der Waals surface area contributed by atoms with Crippen LogP contribution in [0.4, 0.5) is 11.6 Å². The average Bonchev–Trinajstić information content (AvgIpc) is 3.27. The highest BCUT2D eigenvalue weighted by atomic mass is 15.1. The van der Waals surface area contributed by atoms with E-state index in [0.29, 0.717) is 12.0 Å². The Hall–Kier alpha value is -3.81. The highest BCUT2D eigenvalue weighted by Crippen LogP contribution is 2.30. The topological polar surface area (TPSA) is 97.2 Å². The second-order valence-electron chi connectivity index (χ2n) is 7.21. The Morgan fingerprint density at radius 3 is 2.69 bits per heavy atom. The molecule has 0 spiro atoms. The summed E-state index contributed by atoms with van der Waals surface area (Å²) in [6.45, 7) is 6.31.